The zero-order valence-electron chi connectivity index (χ0n) is 15.5. The first-order valence-electron chi connectivity index (χ1n) is 9.14. The maximum absolute atomic E-state index is 12.6. The molecule has 0 aromatic heterocycles. The van der Waals surface area contributed by atoms with E-state index in [1.807, 2.05) is 6.92 Å². The number of ether oxygens (including phenoxy) is 2. The number of guanidine groups is 1. The predicted molar refractivity (Wildman–Crippen MR) is 105 cm³/mol. The second-order valence-corrected chi connectivity index (χ2v) is 6.98. The van der Waals surface area contributed by atoms with Gasteiger partial charge in [-0.25, -0.2) is 4.99 Å². The number of morpholine rings is 1. The number of hydrogen-bond donors (Lipinski definition) is 2. The van der Waals surface area contributed by atoms with Gasteiger partial charge in [0.15, 0.2) is 5.96 Å². The lowest BCUT2D eigenvalue weighted by Gasteiger charge is -2.26. The van der Waals surface area contributed by atoms with E-state index in [-0.39, 0.29) is 12.3 Å². The Balaban J connectivity index is 1.87. The Labute approximate surface area is 167 Å². The van der Waals surface area contributed by atoms with E-state index in [1.165, 1.54) is 6.07 Å². The van der Waals surface area contributed by atoms with Crippen molar-refractivity contribution in [2.45, 2.75) is 26.5 Å². The van der Waals surface area contributed by atoms with Gasteiger partial charge in [0.2, 0.25) is 0 Å². The van der Waals surface area contributed by atoms with Crippen molar-refractivity contribution < 1.29 is 18.3 Å². The Morgan fingerprint density at radius 2 is 2.11 bits per heavy atom. The highest BCUT2D eigenvalue weighted by Crippen LogP contribution is 2.25. The molecule has 0 spiro atoms. The molecule has 1 saturated heterocycles. The molecule has 6 nitrogen and oxygen atoms in total. The summed E-state index contributed by atoms with van der Waals surface area (Å²) in [4.78, 5) is 6.87. The minimum atomic E-state index is -2.86. The first-order valence-corrected chi connectivity index (χ1v) is 9.93. The molecule has 0 saturated carbocycles. The number of nitrogens with one attached hydrogen (secondary N) is 2. The molecule has 0 bridgehead atoms. The van der Waals surface area contributed by atoms with Gasteiger partial charge < -0.3 is 20.1 Å². The van der Waals surface area contributed by atoms with Crippen LogP contribution in [0.25, 0.3) is 0 Å². The van der Waals surface area contributed by atoms with Crippen molar-refractivity contribution >= 4 is 21.9 Å². The third-order valence-corrected chi connectivity index (χ3v) is 4.53. The molecule has 2 rings (SSSR count). The summed E-state index contributed by atoms with van der Waals surface area (Å²) in [5.74, 6) is 0.794. The van der Waals surface area contributed by atoms with Crippen molar-refractivity contribution in [2.75, 3.05) is 45.9 Å². The monoisotopic (exact) mass is 448 g/mol. The molecule has 1 heterocycles. The van der Waals surface area contributed by atoms with E-state index in [0.29, 0.717) is 18.1 Å². The van der Waals surface area contributed by atoms with E-state index in [4.69, 9.17) is 4.74 Å². The second kappa shape index (κ2) is 12.1. The number of alkyl halides is 2. The highest BCUT2D eigenvalue weighted by molar-refractivity contribution is 9.10. The normalized spacial score (nSPS) is 15.8. The molecule has 0 atom stereocenters. The van der Waals surface area contributed by atoms with Gasteiger partial charge in [0.1, 0.15) is 5.75 Å². The SMILES string of the molecule is CCNC(=NCc1cc(Br)ccc1OC(F)F)NCCCN1CCOCC1. The fourth-order valence-electron chi connectivity index (χ4n) is 2.72. The maximum atomic E-state index is 12.6. The van der Waals surface area contributed by atoms with Crippen LogP contribution in [0.15, 0.2) is 27.7 Å². The average Bonchev–Trinajstić information content (AvgIpc) is 2.65. The smallest absolute Gasteiger partial charge is 0.387 e. The summed E-state index contributed by atoms with van der Waals surface area (Å²) in [6, 6.07) is 4.92. The molecular weight excluding hydrogens is 422 g/mol. The molecule has 0 unspecified atom stereocenters. The molecule has 1 aliphatic heterocycles. The first-order chi connectivity index (χ1) is 13.1. The van der Waals surface area contributed by atoms with Gasteiger partial charge >= 0.3 is 6.61 Å². The van der Waals surface area contributed by atoms with Crippen LogP contribution in [0.3, 0.4) is 0 Å². The summed E-state index contributed by atoms with van der Waals surface area (Å²) >= 11 is 3.35. The van der Waals surface area contributed by atoms with Crippen molar-refractivity contribution in [2.24, 2.45) is 4.99 Å². The summed E-state index contributed by atoms with van der Waals surface area (Å²) in [6.45, 7) is 5.41. The molecule has 27 heavy (non-hydrogen) atoms. The molecule has 152 valence electrons. The molecule has 1 aromatic carbocycles. The van der Waals surface area contributed by atoms with E-state index in [0.717, 1.165) is 50.3 Å². The standard InChI is InChI=1S/C18H27BrF2N4O2/c1-2-22-18(23-6-3-7-25-8-10-26-11-9-25)24-13-14-12-15(19)4-5-16(14)27-17(20)21/h4-5,12,17H,2-3,6-11,13H2,1H3,(H2,22,23,24). The quantitative estimate of drug-likeness (QED) is 0.345. The van der Waals surface area contributed by atoms with E-state index < -0.39 is 6.61 Å². The van der Waals surface area contributed by atoms with E-state index >= 15 is 0 Å². The molecule has 9 heteroatoms. The Hall–Kier alpha value is -1.45. The van der Waals surface area contributed by atoms with Gasteiger partial charge in [-0.1, -0.05) is 15.9 Å². The number of aliphatic imine (C=N–C) groups is 1. The lowest BCUT2D eigenvalue weighted by molar-refractivity contribution is -0.0504. The van der Waals surface area contributed by atoms with Crippen molar-refractivity contribution in [1.29, 1.82) is 0 Å². The van der Waals surface area contributed by atoms with Gasteiger partial charge in [0.25, 0.3) is 0 Å². The second-order valence-electron chi connectivity index (χ2n) is 6.06. The van der Waals surface area contributed by atoms with Gasteiger partial charge in [0.05, 0.1) is 19.8 Å². The fourth-order valence-corrected chi connectivity index (χ4v) is 3.13. The maximum Gasteiger partial charge on any atom is 0.387 e. The molecule has 0 radical (unpaired) electrons. The van der Waals surface area contributed by atoms with Crippen molar-refractivity contribution in [3.8, 4) is 5.75 Å². The zero-order valence-corrected chi connectivity index (χ0v) is 17.1. The Morgan fingerprint density at radius 1 is 1.33 bits per heavy atom. The van der Waals surface area contributed by atoms with Crippen LogP contribution in [0.1, 0.15) is 18.9 Å². The molecule has 0 aliphatic carbocycles. The number of hydrogen-bond acceptors (Lipinski definition) is 4. The van der Waals surface area contributed by atoms with Crippen LogP contribution in [0.2, 0.25) is 0 Å². The van der Waals surface area contributed by atoms with Gasteiger partial charge in [-0.2, -0.15) is 8.78 Å². The minimum absolute atomic E-state index is 0.139. The van der Waals surface area contributed by atoms with Crippen molar-refractivity contribution in [3.05, 3.63) is 28.2 Å². The molecule has 1 aromatic rings. The molecular formula is C18H27BrF2N4O2. The summed E-state index contributed by atoms with van der Waals surface area (Å²) in [6.07, 6.45) is 0.987. The van der Waals surface area contributed by atoms with Gasteiger partial charge in [-0.15, -0.1) is 0 Å². The van der Waals surface area contributed by atoms with Gasteiger partial charge in [0, 0.05) is 36.2 Å². The van der Waals surface area contributed by atoms with E-state index in [9.17, 15) is 8.78 Å². The molecule has 1 aliphatic rings. The minimum Gasteiger partial charge on any atom is -0.434 e. The van der Waals surface area contributed by atoms with Crippen LogP contribution in [0.5, 0.6) is 5.75 Å². The highest BCUT2D eigenvalue weighted by Gasteiger charge is 2.11. The summed E-state index contributed by atoms with van der Waals surface area (Å²) < 4.78 is 35.9. The zero-order chi connectivity index (χ0) is 19.5. The van der Waals surface area contributed by atoms with Crippen LogP contribution in [-0.2, 0) is 11.3 Å². The van der Waals surface area contributed by atoms with Crippen LogP contribution in [0.4, 0.5) is 8.78 Å². The Morgan fingerprint density at radius 3 is 2.81 bits per heavy atom. The number of nitrogens with zero attached hydrogens (tertiary/aromatic N) is 2. The average molecular weight is 449 g/mol. The molecule has 2 N–H and O–H groups in total. The van der Waals surface area contributed by atoms with Crippen molar-refractivity contribution in [3.63, 3.8) is 0 Å². The largest absolute Gasteiger partial charge is 0.434 e. The number of halogens is 3. The van der Waals surface area contributed by atoms with Gasteiger partial charge in [-0.05, 0) is 38.1 Å². The molecule has 0 amide bonds. The highest BCUT2D eigenvalue weighted by atomic mass is 79.9. The summed E-state index contributed by atoms with van der Waals surface area (Å²) in [5.41, 5.74) is 0.593. The predicted octanol–water partition coefficient (Wildman–Crippen LogP) is 2.83. The lowest BCUT2D eigenvalue weighted by atomic mass is 10.2. The van der Waals surface area contributed by atoms with E-state index in [1.54, 1.807) is 12.1 Å². The number of benzene rings is 1. The lowest BCUT2D eigenvalue weighted by Crippen LogP contribution is -2.40. The topological polar surface area (TPSA) is 58.1 Å². The van der Waals surface area contributed by atoms with E-state index in [2.05, 4.69) is 41.2 Å². The fraction of sp³-hybridized carbons (Fsp3) is 0.611. The van der Waals surface area contributed by atoms with Crippen LogP contribution in [-0.4, -0.2) is 63.4 Å². The van der Waals surface area contributed by atoms with Crippen molar-refractivity contribution in [1.82, 2.24) is 15.5 Å². The van der Waals surface area contributed by atoms with Crippen LogP contribution in [0, 0.1) is 0 Å². The summed E-state index contributed by atoms with van der Waals surface area (Å²) in [7, 11) is 0. The van der Waals surface area contributed by atoms with Crippen LogP contribution >= 0.6 is 15.9 Å². The third kappa shape index (κ3) is 8.40. The molecule has 1 fully saturated rings. The summed E-state index contributed by atoms with van der Waals surface area (Å²) in [5, 5.41) is 6.46. The third-order valence-electron chi connectivity index (χ3n) is 4.04. The number of rotatable bonds is 9. The van der Waals surface area contributed by atoms with Gasteiger partial charge in [-0.3, -0.25) is 4.90 Å². The van der Waals surface area contributed by atoms with Crippen LogP contribution < -0.4 is 15.4 Å². The first kappa shape index (κ1) is 21.8. The Bertz CT molecular complexity index is 599. The Kier molecular flexibility index (Phi) is 9.79.